The van der Waals surface area contributed by atoms with Crippen LogP contribution in [-0.4, -0.2) is 123 Å². The first kappa shape index (κ1) is 61.1. The van der Waals surface area contributed by atoms with Crippen molar-refractivity contribution >= 4 is 11.9 Å². The predicted octanol–water partition coefficient (Wildman–Crippen LogP) is 11.8. The van der Waals surface area contributed by atoms with Gasteiger partial charge in [0.15, 0.2) is 23.3 Å². The van der Waals surface area contributed by atoms with E-state index in [9.17, 15) is 30.0 Å². The Hall–Kier alpha value is -2.50. The highest BCUT2D eigenvalue weighted by molar-refractivity contribution is 5.76. The molecule has 432 valence electrons. The molecule has 0 radical (unpaired) electrons. The molecule has 4 N–H and O–H groups in total. The summed E-state index contributed by atoms with van der Waals surface area (Å²) in [5.74, 6) is -4.29. The fraction of sp³-hybridized carbons (Fsp3) is 0.839. The van der Waals surface area contributed by atoms with Gasteiger partial charge < -0.3 is 58.3 Å². The molecule has 0 aromatic heterocycles. The molecule has 14 heteroatoms. The fourth-order valence-electron chi connectivity index (χ4n) is 13.2. The molecule has 17 atom stereocenters. The maximum Gasteiger partial charge on any atom is 0.335 e. The Bertz CT molecular complexity index is 1950. The smallest absolute Gasteiger partial charge is 0.335 e. The highest BCUT2D eigenvalue weighted by atomic mass is 16.7. The Balaban J connectivity index is 0.885. The molecule has 0 unspecified atom stereocenters. The van der Waals surface area contributed by atoms with E-state index in [0.29, 0.717) is 62.9 Å². The van der Waals surface area contributed by atoms with Crippen LogP contribution in [0.5, 0.6) is 0 Å². The van der Waals surface area contributed by atoms with Crippen LogP contribution in [0.25, 0.3) is 0 Å². The van der Waals surface area contributed by atoms with Crippen LogP contribution in [0.4, 0.5) is 0 Å². The van der Waals surface area contributed by atoms with Gasteiger partial charge in [-0.05, 0) is 128 Å². The minimum absolute atomic E-state index is 0.0373. The summed E-state index contributed by atoms with van der Waals surface area (Å²) in [5.41, 5.74) is -0.601. The topological polar surface area (TPSA) is 189 Å². The van der Waals surface area contributed by atoms with E-state index in [1.165, 1.54) is 51.9 Å². The van der Waals surface area contributed by atoms with E-state index in [4.69, 9.17) is 37.9 Å². The van der Waals surface area contributed by atoms with Gasteiger partial charge in [0, 0.05) is 43.9 Å². The minimum Gasteiger partial charge on any atom is -0.479 e. The van der Waals surface area contributed by atoms with E-state index in [0.717, 1.165) is 82.8 Å². The molecule has 0 aliphatic carbocycles. The number of carboxylic acid groups (broad SMARTS) is 1. The molecule has 7 aliphatic rings. The molecule has 0 aromatic rings. The highest BCUT2D eigenvalue weighted by Gasteiger charge is 2.55. The summed E-state index contributed by atoms with van der Waals surface area (Å²) in [7, 11) is 0. The van der Waals surface area contributed by atoms with Gasteiger partial charge in [-0.25, -0.2) is 4.79 Å². The van der Waals surface area contributed by atoms with E-state index in [1.54, 1.807) is 0 Å². The van der Waals surface area contributed by atoms with Crippen LogP contribution in [0, 0.1) is 17.8 Å². The van der Waals surface area contributed by atoms with Crippen molar-refractivity contribution < 1.29 is 67.9 Å². The lowest BCUT2D eigenvalue weighted by Gasteiger charge is -2.50. The number of carbonyl (C=O) groups excluding carboxylic acids is 1. The number of hydrogen-bond acceptors (Lipinski definition) is 13. The van der Waals surface area contributed by atoms with Crippen LogP contribution in [0.1, 0.15) is 221 Å². The zero-order valence-corrected chi connectivity index (χ0v) is 47.5. The van der Waals surface area contributed by atoms with Gasteiger partial charge in [0.05, 0.1) is 43.2 Å². The number of carbonyl (C=O) groups is 2. The first-order valence-corrected chi connectivity index (χ1v) is 30.3. The number of aliphatic hydroxyl groups excluding tert-OH is 2. The summed E-state index contributed by atoms with van der Waals surface area (Å²) in [5, 5.41) is 43.9. The van der Waals surface area contributed by atoms with Gasteiger partial charge >= 0.3 is 11.9 Å². The second-order valence-electron chi connectivity index (χ2n) is 24.6. The van der Waals surface area contributed by atoms with Crippen molar-refractivity contribution in [1.29, 1.82) is 0 Å². The van der Waals surface area contributed by atoms with Crippen molar-refractivity contribution in [3.63, 3.8) is 0 Å². The largest absolute Gasteiger partial charge is 0.479 e. The van der Waals surface area contributed by atoms with Gasteiger partial charge in [-0.3, -0.25) is 4.79 Å². The predicted molar refractivity (Wildman–Crippen MR) is 291 cm³/mol. The van der Waals surface area contributed by atoms with Crippen molar-refractivity contribution in [3.05, 3.63) is 48.1 Å². The van der Waals surface area contributed by atoms with E-state index in [2.05, 4.69) is 58.6 Å². The Morgan fingerprint density at radius 1 is 0.868 bits per heavy atom. The first-order chi connectivity index (χ1) is 36.4. The summed E-state index contributed by atoms with van der Waals surface area (Å²) < 4.78 is 52.6. The Morgan fingerprint density at radius 2 is 1.58 bits per heavy atom. The number of rotatable bonds is 26. The van der Waals surface area contributed by atoms with Crippen molar-refractivity contribution in [2.24, 2.45) is 17.8 Å². The van der Waals surface area contributed by atoms with Crippen molar-refractivity contribution in [2.75, 3.05) is 6.61 Å². The van der Waals surface area contributed by atoms with Crippen molar-refractivity contribution in [3.8, 4) is 0 Å². The molecule has 7 rings (SSSR count). The summed E-state index contributed by atoms with van der Waals surface area (Å²) in [6, 6.07) is 0. The van der Waals surface area contributed by atoms with E-state index in [-0.39, 0.29) is 49.0 Å². The van der Waals surface area contributed by atoms with E-state index >= 15 is 0 Å². The highest BCUT2D eigenvalue weighted by Crippen LogP contribution is 2.48. The third-order valence-electron chi connectivity index (χ3n) is 18.0. The quantitative estimate of drug-likeness (QED) is 0.0364. The number of aliphatic carboxylic acids is 1. The fourth-order valence-corrected chi connectivity index (χ4v) is 13.2. The zero-order chi connectivity index (χ0) is 54.5. The molecule has 6 fully saturated rings. The number of hydrogen-bond donors (Lipinski definition) is 4. The average Bonchev–Trinajstić information content (AvgIpc) is 3.80. The van der Waals surface area contributed by atoms with Crippen LogP contribution in [0.2, 0.25) is 0 Å². The molecule has 76 heavy (non-hydrogen) atoms. The number of aliphatic hydroxyl groups is 3. The second kappa shape index (κ2) is 28.3. The molecule has 3 spiro atoms. The number of unbranched alkanes of at least 4 members (excludes halogenated alkanes) is 11. The summed E-state index contributed by atoms with van der Waals surface area (Å²) in [6.07, 6.45) is 29.5. The molecule has 14 nitrogen and oxygen atoms in total. The second-order valence-corrected chi connectivity index (χ2v) is 24.6. The molecule has 6 saturated heterocycles. The third kappa shape index (κ3) is 16.1. The number of esters is 1. The molecule has 7 aliphatic heterocycles. The van der Waals surface area contributed by atoms with Gasteiger partial charge in [0.1, 0.15) is 18.3 Å². The number of carboxylic acids is 1. The number of allylic oxidation sites excluding steroid dienone is 2. The van der Waals surface area contributed by atoms with Crippen LogP contribution in [0.15, 0.2) is 48.1 Å². The summed E-state index contributed by atoms with van der Waals surface area (Å²) in [6.45, 7) is 16.9. The average molecular weight is 1070 g/mol. The Kier molecular flexibility index (Phi) is 22.7. The van der Waals surface area contributed by atoms with Gasteiger partial charge in [-0.2, -0.15) is 0 Å². The lowest BCUT2D eigenvalue weighted by molar-refractivity contribution is -0.326. The van der Waals surface area contributed by atoms with Crippen LogP contribution in [0.3, 0.4) is 0 Å². The molecular weight excluding hydrogens is 969 g/mol. The van der Waals surface area contributed by atoms with E-state index < -0.39 is 71.7 Å². The number of fused-ring (bicyclic) bond motifs is 1. The normalized spacial score (nSPS) is 37.1. The summed E-state index contributed by atoms with van der Waals surface area (Å²) in [4.78, 5) is 25.5. The minimum atomic E-state index is -2.01. The number of ether oxygens (including phenoxy) is 8. The van der Waals surface area contributed by atoms with Crippen molar-refractivity contribution in [1.82, 2.24) is 0 Å². The third-order valence-corrected chi connectivity index (χ3v) is 18.0. The monoisotopic (exact) mass is 1070 g/mol. The van der Waals surface area contributed by atoms with Gasteiger partial charge in [-0.15, -0.1) is 0 Å². The lowest BCUT2D eigenvalue weighted by Crippen LogP contribution is -2.60. The summed E-state index contributed by atoms with van der Waals surface area (Å²) >= 11 is 0. The van der Waals surface area contributed by atoms with Gasteiger partial charge in [0.2, 0.25) is 5.79 Å². The Morgan fingerprint density at radius 3 is 2.30 bits per heavy atom. The maximum absolute atomic E-state index is 13.5. The molecule has 0 aromatic carbocycles. The first-order valence-electron chi connectivity index (χ1n) is 30.3. The maximum atomic E-state index is 13.5. The van der Waals surface area contributed by atoms with Gasteiger partial charge in [-0.1, -0.05) is 116 Å². The molecule has 0 amide bonds. The molecule has 0 bridgehead atoms. The van der Waals surface area contributed by atoms with Crippen molar-refractivity contribution in [2.45, 2.75) is 305 Å². The van der Waals surface area contributed by atoms with Crippen LogP contribution in [-0.2, 0) is 47.5 Å². The molecule has 7 heterocycles. The lowest BCUT2D eigenvalue weighted by atomic mass is 9.81. The van der Waals surface area contributed by atoms with Gasteiger partial charge in [0.25, 0.3) is 0 Å². The van der Waals surface area contributed by atoms with E-state index in [1.807, 2.05) is 13.0 Å². The van der Waals surface area contributed by atoms with Crippen LogP contribution >= 0.6 is 0 Å². The van der Waals surface area contributed by atoms with Crippen LogP contribution < -0.4 is 0 Å². The molecule has 0 saturated carbocycles. The zero-order valence-electron chi connectivity index (χ0n) is 47.5. The molecular formula is C62H100O14. The Labute approximate surface area is 456 Å². The standard InChI is InChI=1S/C62H100O14/c1-8-9-10-11-12-13-14-15-16-17-18-19-20-21-22-27-54(64)71-53-31-30-48(41-59(7,68)58(66)67)73-62(53)40-42(2)38-52(75-62)43(3)28-29-47-32-35-60(72-47)36-33-51-57(76-60)55(65)46(6)56(70-51)49(63)39-44(4)50-26-23-34-61(74-50)45(5)25-24-37-69-61/h15-16,28-29,40,43-45,47-53,55-57,63,65,68H,6,8-14,17-27,30-39,41H2,1-5,7H3,(H,66,67)/b16-15-,29-28?/t43-,44+,45-,47+,48+,49+,50+,51-,52+,53-,55-,56+,57-,59-,60-,61-,62-/m1/s1. The SMILES string of the molecule is C=C1[C@@H](O)[C@@H]2O[C@]3(CC[C@H](C=C[C@@H](C)[C@@H]4CC(C)=C[C@@]5(O[C@H](C[C@@](C)(O)C(=O)O)CC[C@H]5OC(=O)CCCCCCC/C=C\CCCCCCCC)O4)O3)CC[C@H]2O[C@@H]1[C@@H](O)C[C@H](C)[C@@H]1CCC[C@@]2(OCCC[C@H]2C)O1.